The summed E-state index contributed by atoms with van der Waals surface area (Å²) in [7, 11) is 7.08. The molecule has 4 nitrogen and oxygen atoms in total. The number of carbonyl (C=O) groups excluding carboxylic acids is 1. The van der Waals surface area contributed by atoms with E-state index in [1.165, 1.54) is 4.90 Å². The fourth-order valence-corrected chi connectivity index (χ4v) is 1.59. The van der Waals surface area contributed by atoms with E-state index in [-0.39, 0.29) is 5.91 Å². The van der Waals surface area contributed by atoms with Crippen molar-refractivity contribution >= 4 is 17.9 Å². The van der Waals surface area contributed by atoms with E-state index in [1.807, 2.05) is 44.4 Å². The zero-order valence-electron chi connectivity index (χ0n) is 11.3. The molecule has 4 heteroatoms. The van der Waals surface area contributed by atoms with E-state index < -0.39 is 0 Å². The lowest BCUT2D eigenvalue weighted by molar-refractivity contribution is -0.121. The van der Waals surface area contributed by atoms with Crippen LogP contribution in [-0.2, 0) is 4.79 Å². The third-order valence-corrected chi connectivity index (χ3v) is 2.45. The predicted octanol–water partition coefficient (Wildman–Crippen LogP) is 1.71. The van der Waals surface area contributed by atoms with E-state index in [9.17, 15) is 4.79 Å². The highest BCUT2D eigenvalue weighted by atomic mass is 16.2. The van der Waals surface area contributed by atoms with Gasteiger partial charge in [-0.1, -0.05) is 30.3 Å². The Balaban J connectivity index is 2.74. The maximum atomic E-state index is 12.0. The number of benzene rings is 1. The first-order valence-electron chi connectivity index (χ1n) is 5.71. The van der Waals surface area contributed by atoms with Crippen molar-refractivity contribution in [3.05, 3.63) is 42.0 Å². The molecule has 1 aromatic rings. The highest BCUT2D eigenvalue weighted by molar-refractivity contribution is 6.03. The van der Waals surface area contributed by atoms with Gasteiger partial charge in [-0.2, -0.15) is 0 Å². The van der Waals surface area contributed by atoms with E-state index in [2.05, 4.69) is 4.99 Å². The number of carbonyl (C=O) groups is 1. The lowest BCUT2D eigenvalue weighted by Crippen LogP contribution is -2.40. The largest absolute Gasteiger partial charge is 0.349 e. The van der Waals surface area contributed by atoms with Crippen LogP contribution in [0.3, 0.4) is 0 Å². The number of aliphatic imine (C=N–C) groups is 1. The molecule has 1 amide bonds. The van der Waals surface area contributed by atoms with E-state index in [0.29, 0.717) is 5.96 Å². The van der Waals surface area contributed by atoms with Crippen LogP contribution in [0.25, 0.3) is 6.08 Å². The second-order valence-electron chi connectivity index (χ2n) is 4.06. The molecule has 0 saturated carbocycles. The van der Waals surface area contributed by atoms with Crippen LogP contribution in [0.15, 0.2) is 41.4 Å². The number of likely N-dealkylation sites (N-methyl/N-ethyl adjacent to an activating group) is 1. The molecule has 0 atom stereocenters. The Morgan fingerprint density at radius 1 is 1.17 bits per heavy atom. The van der Waals surface area contributed by atoms with E-state index >= 15 is 0 Å². The van der Waals surface area contributed by atoms with Crippen molar-refractivity contribution in [2.24, 2.45) is 4.99 Å². The number of guanidine groups is 1. The predicted molar refractivity (Wildman–Crippen MR) is 75.3 cm³/mol. The molecule has 0 aromatic heterocycles. The Kier molecular flexibility index (Phi) is 5.11. The van der Waals surface area contributed by atoms with Crippen LogP contribution in [0.4, 0.5) is 0 Å². The van der Waals surface area contributed by atoms with Gasteiger partial charge in [0, 0.05) is 34.3 Å². The standard InChI is InChI=1S/C14H19N3O/c1-15-14(16(2)3)17(4)13(18)11-10-12-8-6-5-7-9-12/h5-11H,1-4H3. The van der Waals surface area contributed by atoms with Gasteiger partial charge in [0.1, 0.15) is 0 Å². The Hall–Kier alpha value is -2.10. The molecule has 0 spiro atoms. The van der Waals surface area contributed by atoms with Gasteiger partial charge >= 0.3 is 0 Å². The van der Waals surface area contributed by atoms with Gasteiger partial charge in [-0.15, -0.1) is 0 Å². The Bertz CT molecular complexity index is 449. The zero-order chi connectivity index (χ0) is 13.5. The van der Waals surface area contributed by atoms with Gasteiger partial charge in [-0.3, -0.25) is 14.7 Å². The molecule has 0 aliphatic rings. The molecule has 0 aliphatic heterocycles. The molecule has 0 aliphatic carbocycles. The molecule has 18 heavy (non-hydrogen) atoms. The van der Waals surface area contributed by atoms with Crippen LogP contribution in [0, 0.1) is 0 Å². The first-order valence-corrected chi connectivity index (χ1v) is 5.71. The molecule has 1 rings (SSSR count). The van der Waals surface area contributed by atoms with Gasteiger partial charge in [0.2, 0.25) is 5.96 Å². The summed E-state index contributed by atoms with van der Waals surface area (Å²) < 4.78 is 0. The van der Waals surface area contributed by atoms with E-state index in [0.717, 1.165) is 5.56 Å². The molecule has 96 valence electrons. The highest BCUT2D eigenvalue weighted by Crippen LogP contribution is 2.02. The molecule has 0 fully saturated rings. The average Bonchev–Trinajstić information content (AvgIpc) is 2.37. The first-order chi connectivity index (χ1) is 8.56. The summed E-state index contributed by atoms with van der Waals surface area (Å²) in [6.45, 7) is 0. The molecule has 0 bridgehead atoms. The van der Waals surface area contributed by atoms with Crippen molar-refractivity contribution in [3.63, 3.8) is 0 Å². The van der Waals surface area contributed by atoms with Gasteiger partial charge in [-0.25, -0.2) is 0 Å². The van der Waals surface area contributed by atoms with Gasteiger partial charge in [0.15, 0.2) is 0 Å². The Morgan fingerprint density at radius 3 is 2.28 bits per heavy atom. The second kappa shape index (κ2) is 6.59. The van der Waals surface area contributed by atoms with Gasteiger partial charge in [0.25, 0.3) is 5.91 Å². The maximum absolute atomic E-state index is 12.0. The summed E-state index contributed by atoms with van der Waals surface area (Å²) in [6.07, 6.45) is 3.34. The van der Waals surface area contributed by atoms with Crippen LogP contribution in [-0.4, -0.2) is 49.9 Å². The van der Waals surface area contributed by atoms with E-state index in [4.69, 9.17) is 0 Å². The van der Waals surface area contributed by atoms with Gasteiger partial charge in [0.05, 0.1) is 0 Å². The zero-order valence-corrected chi connectivity index (χ0v) is 11.3. The summed E-state index contributed by atoms with van der Waals surface area (Å²) in [5, 5.41) is 0. The summed E-state index contributed by atoms with van der Waals surface area (Å²) in [4.78, 5) is 19.3. The third kappa shape index (κ3) is 3.73. The molecule has 0 heterocycles. The molecule has 0 saturated heterocycles. The first kappa shape index (κ1) is 14.0. The molecular formula is C14H19N3O. The van der Waals surface area contributed by atoms with Crippen molar-refractivity contribution in [2.75, 3.05) is 28.2 Å². The lowest BCUT2D eigenvalue weighted by atomic mass is 10.2. The van der Waals surface area contributed by atoms with E-state index in [1.54, 1.807) is 31.1 Å². The summed E-state index contributed by atoms with van der Waals surface area (Å²) in [5.41, 5.74) is 0.999. The minimum atomic E-state index is -0.104. The van der Waals surface area contributed by atoms with Crippen molar-refractivity contribution in [1.29, 1.82) is 0 Å². The lowest BCUT2D eigenvalue weighted by Gasteiger charge is -2.23. The summed E-state index contributed by atoms with van der Waals surface area (Å²) in [5.74, 6) is 0.519. The van der Waals surface area contributed by atoms with Crippen LogP contribution >= 0.6 is 0 Å². The summed E-state index contributed by atoms with van der Waals surface area (Å²) in [6, 6.07) is 9.72. The van der Waals surface area contributed by atoms with Crippen molar-refractivity contribution in [2.45, 2.75) is 0 Å². The third-order valence-electron chi connectivity index (χ3n) is 2.45. The number of nitrogens with zero attached hydrogens (tertiary/aromatic N) is 3. The number of hydrogen-bond acceptors (Lipinski definition) is 2. The normalized spacial score (nSPS) is 11.7. The van der Waals surface area contributed by atoms with Crippen molar-refractivity contribution in [3.8, 4) is 0 Å². The topological polar surface area (TPSA) is 35.9 Å². The minimum absolute atomic E-state index is 0.104. The molecule has 0 N–H and O–H groups in total. The van der Waals surface area contributed by atoms with Crippen molar-refractivity contribution < 1.29 is 4.79 Å². The Morgan fingerprint density at radius 2 is 1.78 bits per heavy atom. The number of amides is 1. The molecule has 0 radical (unpaired) electrons. The van der Waals surface area contributed by atoms with Crippen molar-refractivity contribution in [1.82, 2.24) is 9.80 Å². The highest BCUT2D eigenvalue weighted by Gasteiger charge is 2.13. The second-order valence-corrected chi connectivity index (χ2v) is 4.06. The minimum Gasteiger partial charge on any atom is -0.349 e. The van der Waals surface area contributed by atoms with Crippen LogP contribution in [0.2, 0.25) is 0 Å². The fraction of sp³-hybridized carbons (Fsp3) is 0.286. The number of hydrogen-bond donors (Lipinski definition) is 0. The molecule has 0 unspecified atom stereocenters. The molecule has 1 aromatic carbocycles. The van der Waals surface area contributed by atoms with Crippen LogP contribution in [0.5, 0.6) is 0 Å². The molecular weight excluding hydrogens is 226 g/mol. The monoisotopic (exact) mass is 245 g/mol. The van der Waals surface area contributed by atoms with Crippen LogP contribution in [0.1, 0.15) is 5.56 Å². The van der Waals surface area contributed by atoms with Crippen LogP contribution < -0.4 is 0 Å². The van der Waals surface area contributed by atoms with Gasteiger partial charge < -0.3 is 4.90 Å². The maximum Gasteiger partial charge on any atom is 0.253 e. The Labute approximate surface area is 108 Å². The SMILES string of the molecule is CN=C(N(C)C)N(C)C(=O)C=Cc1ccccc1. The fourth-order valence-electron chi connectivity index (χ4n) is 1.59. The number of rotatable bonds is 2. The quantitative estimate of drug-likeness (QED) is 0.452. The smallest absolute Gasteiger partial charge is 0.253 e. The average molecular weight is 245 g/mol. The van der Waals surface area contributed by atoms with Gasteiger partial charge in [-0.05, 0) is 11.6 Å². The summed E-state index contributed by atoms with van der Waals surface area (Å²) >= 11 is 0.